The normalized spacial score (nSPS) is 25.9. The Balaban J connectivity index is 1.27. The topological polar surface area (TPSA) is 114 Å². The van der Waals surface area contributed by atoms with Crippen molar-refractivity contribution in [1.29, 1.82) is 5.26 Å². The summed E-state index contributed by atoms with van der Waals surface area (Å²) >= 11 is 5.73. The van der Waals surface area contributed by atoms with Crippen molar-refractivity contribution < 1.29 is 26.8 Å². The summed E-state index contributed by atoms with van der Waals surface area (Å²) in [5.74, 6) is -3.08. The molecular weight excluding hydrogens is 552 g/mol. The standard InChI is InChI=1S/C26H32ClF2N5O4S/c27-20-11-21(28)19(10-22(20)29)24(17-4-1-5-17)31-25(35)23-7-3-9-34(23)26(36)18-6-2-8-32(15-18)39(37,38)33-13-16(12-30)14-33/h10-11,16-18,23-24H,1-9,13-15H2,(H,31,35)/t18-,23+,24?/m0/s1. The van der Waals surface area contributed by atoms with Crippen molar-refractivity contribution in [2.75, 3.05) is 32.7 Å². The van der Waals surface area contributed by atoms with E-state index in [2.05, 4.69) is 11.4 Å². The Hall–Kier alpha value is -2.33. The van der Waals surface area contributed by atoms with Crippen LogP contribution < -0.4 is 5.32 Å². The molecule has 0 spiro atoms. The molecule has 3 aliphatic heterocycles. The molecule has 4 fully saturated rings. The van der Waals surface area contributed by atoms with Gasteiger partial charge in [0.05, 0.1) is 29.0 Å². The Kier molecular flexibility index (Phi) is 8.15. The predicted octanol–water partition coefficient (Wildman–Crippen LogP) is 2.98. The van der Waals surface area contributed by atoms with Crippen LogP contribution in [0.3, 0.4) is 0 Å². The quantitative estimate of drug-likeness (QED) is 0.496. The van der Waals surface area contributed by atoms with Crippen LogP contribution in [0.25, 0.3) is 0 Å². The number of nitrogens with zero attached hydrogens (tertiary/aromatic N) is 4. The zero-order valence-corrected chi connectivity index (χ0v) is 23.1. The van der Waals surface area contributed by atoms with E-state index in [1.54, 1.807) is 0 Å². The zero-order valence-electron chi connectivity index (χ0n) is 21.5. The van der Waals surface area contributed by atoms with Gasteiger partial charge in [-0.15, -0.1) is 0 Å². The van der Waals surface area contributed by atoms with Crippen LogP contribution in [-0.2, 0) is 19.8 Å². The van der Waals surface area contributed by atoms with Gasteiger partial charge in [-0.05, 0) is 56.6 Å². The first-order valence-electron chi connectivity index (χ1n) is 13.5. The number of carbonyl (C=O) groups is 2. The third-order valence-electron chi connectivity index (χ3n) is 8.55. The molecule has 1 aliphatic carbocycles. The summed E-state index contributed by atoms with van der Waals surface area (Å²) in [5.41, 5.74) is 0.0450. The molecule has 9 nitrogen and oxygen atoms in total. The van der Waals surface area contributed by atoms with Gasteiger partial charge in [-0.2, -0.15) is 22.3 Å². The van der Waals surface area contributed by atoms with E-state index in [1.165, 1.54) is 13.5 Å². The van der Waals surface area contributed by atoms with E-state index >= 15 is 0 Å². The summed E-state index contributed by atoms with van der Waals surface area (Å²) in [7, 11) is -3.76. The summed E-state index contributed by atoms with van der Waals surface area (Å²) in [4.78, 5) is 28.6. The van der Waals surface area contributed by atoms with Crippen LogP contribution in [-0.4, -0.2) is 72.5 Å². The molecule has 13 heteroatoms. The summed E-state index contributed by atoms with van der Waals surface area (Å²) in [6.45, 7) is 1.01. The lowest BCUT2D eigenvalue weighted by Gasteiger charge is -2.41. The highest BCUT2D eigenvalue weighted by Crippen LogP contribution is 2.40. The van der Waals surface area contributed by atoms with Crippen molar-refractivity contribution in [3.63, 3.8) is 0 Å². The first-order valence-corrected chi connectivity index (χ1v) is 15.3. The average molecular weight is 584 g/mol. The van der Waals surface area contributed by atoms with Gasteiger partial charge in [0.25, 0.3) is 10.2 Å². The Morgan fingerprint density at radius 2 is 1.72 bits per heavy atom. The van der Waals surface area contributed by atoms with Crippen molar-refractivity contribution in [2.24, 2.45) is 17.8 Å². The Bertz CT molecular complexity index is 1280. The van der Waals surface area contributed by atoms with Gasteiger partial charge in [-0.3, -0.25) is 9.59 Å². The van der Waals surface area contributed by atoms with Gasteiger partial charge in [0.2, 0.25) is 11.8 Å². The highest BCUT2D eigenvalue weighted by molar-refractivity contribution is 7.86. The number of hydrogen-bond acceptors (Lipinski definition) is 5. The largest absolute Gasteiger partial charge is 0.347 e. The van der Waals surface area contributed by atoms with Crippen LogP contribution in [0.1, 0.15) is 56.6 Å². The maximum atomic E-state index is 14.8. The second-order valence-electron chi connectivity index (χ2n) is 11.0. The van der Waals surface area contributed by atoms with Crippen LogP contribution in [0, 0.1) is 40.7 Å². The van der Waals surface area contributed by atoms with Crippen LogP contribution in [0.5, 0.6) is 0 Å². The van der Waals surface area contributed by atoms with E-state index in [1.807, 2.05) is 0 Å². The predicted molar refractivity (Wildman–Crippen MR) is 138 cm³/mol. The Morgan fingerprint density at radius 3 is 2.38 bits per heavy atom. The lowest BCUT2D eigenvalue weighted by Crippen LogP contribution is -2.57. The summed E-state index contributed by atoms with van der Waals surface area (Å²) in [5, 5.41) is 11.6. The fourth-order valence-electron chi connectivity index (χ4n) is 6.01. The molecule has 1 unspecified atom stereocenters. The smallest absolute Gasteiger partial charge is 0.282 e. The number of carbonyl (C=O) groups excluding carboxylic acids is 2. The second-order valence-corrected chi connectivity index (χ2v) is 13.3. The van der Waals surface area contributed by atoms with Crippen LogP contribution in [0.15, 0.2) is 12.1 Å². The maximum absolute atomic E-state index is 14.8. The number of halogens is 3. The zero-order chi connectivity index (χ0) is 27.9. The van der Waals surface area contributed by atoms with Gasteiger partial charge < -0.3 is 10.2 Å². The first kappa shape index (κ1) is 28.2. The maximum Gasteiger partial charge on any atom is 0.282 e. The highest BCUT2D eigenvalue weighted by Gasteiger charge is 2.44. The van der Waals surface area contributed by atoms with Crippen LogP contribution in [0.2, 0.25) is 5.02 Å². The summed E-state index contributed by atoms with van der Waals surface area (Å²) < 4.78 is 57.6. The fourth-order valence-corrected chi connectivity index (χ4v) is 7.95. The molecule has 1 N–H and O–H groups in total. The monoisotopic (exact) mass is 583 g/mol. The van der Waals surface area contributed by atoms with Gasteiger partial charge in [0, 0.05) is 38.3 Å². The molecule has 3 saturated heterocycles. The van der Waals surface area contributed by atoms with E-state index in [4.69, 9.17) is 16.9 Å². The second kappa shape index (κ2) is 11.3. The number of rotatable bonds is 7. The Labute approximate surface area is 232 Å². The van der Waals surface area contributed by atoms with E-state index in [0.29, 0.717) is 38.8 Å². The van der Waals surface area contributed by atoms with E-state index in [-0.39, 0.29) is 48.0 Å². The Morgan fingerprint density at radius 1 is 1.00 bits per heavy atom. The molecule has 0 aromatic heterocycles. The molecule has 0 radical (unpaired) electrons. The number of amides is 2. The molecule has 4 aliphatic rings. The highest BCUT2D eigenvalue weighted by atomic mass is 35.5. The molecule has 1 aromatic carbocycles. The third-order valence-corrected chi connectivity index (χ3v) is 10.8. The molecule has 5 rings (SSSR count). The molecule has 3 atom stereocenters. The average Bonchev–Trinajstić information content (AvgIpc) is 3.34. The van der Waals surface area contributed by atoms with E-state index in [9.17, 15) is 26.8 Å². The van der Waals surface area contributed by atoms with Gasteiger partial charge in [-0.1, -0.05) is 18.0 Å². The van der Waals surface area contributed by atoms with Crippen molar-refractivity contribution in [2.45, 2.75) is 57.0 Å². The lowest BCUT2D eigenvalue weighted by molar-refractivity contribution is -0.143. The number of piperidine rings is 1. The first-order chi connectivity index (χ1) is 18.6. The van der Waals surface area contributed by atoms with Crippen LogP contribution in [0.4, 0.5) is 8.78 Å². The summed E-state index contributed by atoms with van der Waals surface area (Å²) in [6, 6.07) is 2.51. The number of nitriles is 1. The minimum absolute atomic E-state index is 0.0275. The van der Waals surface area contributed by atoms with E-state index in [0.717, 1.165) is 31.4 Å². The molecule has 1 saturated carbocycles. The van der Waals surface area contributed by atoms with E-state index < -0.39 is 45.8 Å². The minimum atomic E-state index is -3.76. The lowest BCUT2D eigenvalue weighted by atomic mass is 9.77. The number of nitrogens with one attached hydrogen (secondary N) is 1. The summed E-state index contributed by atoms with van der Waals surface area (Å²) in [6.07, 6.45) is 4.53. The fraction of sp³-hybridized carbons (Fsp3) is 0.654. The molecular formula is C26H32ClF2N5O4S. The van der Waals surface area contributed by atoms with Crippen molar-refractivity contribution in [3.05, 3.63) is 34.4 Å². The van der Waals surface area contributed by atoms with Crippen molar-refractivity contribution >= 4 is 33.6 Å². The van der Waals surface area contributed by atoms with Crippen molar-refractivity contribution in [1.82, 2.24) is 18.8 Å². The SMILES string of the molecule is N#CC1CN(S(=O)(=O)N2CCC[C@H](C(=O)N3CCC[C@@H]3C(=O)NC(c3cc(F)c(Cl)cc3F)C3CCC3)C2)C1. The van der Waals surface area contributed by atoms with Gasteiger partial charge >= 0.3 is 0 Å². The third kappa shape index (κ3) is 5.51. The molecule has 212 valence electrons. The number of hydrogen-bond donors (Lipinski definition) is 1. The molecule has 0 bridgehead atoms. The van der Waals surface area contributed by atoms with Gasteiger partial charge in [0.15, 0.2) is 0 Å². The van der Waals surface area contributed by atoms with Gasteiger partial charge in [-0.25, -0.2) is 8.78 Å². The molecule has 1 aromatic rings. The molecule has 3 heterocycles. The number of likely N-dealkylation sites (tertiary alicyclic amines) is 1. The van der Waals surface area contributed by atoms with Gasteiger partial charge in [0.1, 0.15) is 17.7 Å². The van der Waals surface area contributed by atoms with Crippen molar-refractivity contribution in [3.8, 4) is 6.07 Å². The minimum Gasteiger partial charge on any atom is -0.347 e. The van der Waals surface area contributed by atoms with Crippen LogP contribution >= 0.6 is 11.6 Å². The molecule has 39 heavy (non-hydrogen) atoms. The number of benzene rings is 1. The molecule has 2 amide bonds.